The number of carbonyl (C=O) groups is 1. The molecular formula is C15H19FN2O4. The van der Waals surface area contributed by atoms with Gasteiger partial charge in [-0.25, -0.2) is 4.39 Å². The fourth-order valence-corrected chi connectivity index (χ4v) is 2.75. The van der Waals surface area contributed by atoms with Gasteiger partial charge >= 0.3 is 5.69 Å². The molecule has 0 spiro atoms. The van der Waals surface area contributed by atoms with Crippen molar-refractivity contribution in [2.45, 2.75) is 38.6 Å². The Labute approximate surface area is 128 Å². The second kappa shape index (κ2) is 7.20. The predicted molar refractivity (Wildman–Crippen MR) is 78.2 cm³/mol. The van der Waals surface area contributed by atoms with Crippen molar-refractivity contribution < 1.29 is 18.8 Å². The molecule has 22 heavy (non-hydrogen) atoms. The van der Waals surface area contributed by atoms with E-state index in [1.807, 2.05) is 6.92 Å². The second-order valence-electron chi connectivity index (χ2n) is 5.28. The van der Waals surface area contributed by atoms with E-state index in [0.717, 1.165) is 37.8 Å². The van der Waals surface area contributed by atoms with Crippen LogP contribution in [0, 0.1) is 15.9 Å². The topological polar surface area (TPSA) is 72.7 Å². The van der Waals surface area contributed by atoms with Crippen molar-refractivity contribution in [1.82, 2.24) is 4.90 Å². The molecule has 0 radical (unpaired) electrons. The molecule has 0 bridgehead atoms. The molecule has 1 fully saturated rings. The Hall–Kier alpha value is -2.18. The lowest BCUT2D eigenvalue weighted by Gasteiger charge is -2.35. The number of amides is 1. The lowest BCUT2D eigenvalue weighted by atomic mass is 10.00. The molecule has 1 heterocycles. The highest BCUT2D eigenvalue weighted by molar-refractivity contribution is 5.78. The molecule has 2 rings (SSSR count). The van der Waals surface area contributed by atoms with Crippen LogP contribution in [0.2, 0.25) is 0 Å². The van der Waals surface area contributed by atoms with Crippen molar-refractivity contribution in [2.24, 2.45) is 0 Å². The van der Waals surface area contributed by atoms with Crippen LogP contribution in [0.25, 0.3) is 0 Å². The number of nitro benzene ring substituents is 1. The van der Waals surface area contributed by atoms with Crippen LogP contribution in [0.4, 0.5) is 10.1 Å². The minimum atomic E-state index is -0.840. The summed E-state index contributed by atoms with van der Waals surface area (Å²) < 4.78 is 18.8. The van der Waals surface area contributed by atoms with Crippen molar-refractivity contribution in [2.75, 3.05) is 13.2 Å². The van der Waals surface area contributed by atoms with Gasteiger partial charge in [-0.15, -0.1) is 0 Å². The first-order chi connectivity index (χ1) is 10.5. The van der Waals surface area contributed by atoms with E-state index in [-0.39, 0.29) is 11.9 Å². The fraction of sp³-hybridized carbons (Fsp3) is 0.533. The van der Waals surface area contributed by atoms with Gasteiger partial charge in [0.2, 0.25) is 5.75 Å². The average Bonchev–Trinajstić information content (AvgIpc) is 2.53. The summed E-state index contributed by atoms with van der Waals surface area (Å²) in [6.07, 6.45) is 3.82. The molecule has 0 unspecified atom stereocenters. The molecule has 1 saturated heterocycles. The molecule has 1 amide bonds. The van der Waals surface area contributed by atoms with Gasteiger partial charge in [-0.1, -0.05) is 13.0 Å². The van der Waals surface area contributed by atoms with Crippen LogP contribution in [0.5, 0.6) is 5.75 Å². The number of rotatable bonds is 5. The third kappa shape index (κ3) is 3.52. The van der Waals surface area contributed by atoms with E-state index in [1.54, 1.807) is 4.90 Å². The molecule has 7 heteroatoms. The van der Waals surface area contributed by atoms with Crippen LogP contribution in [-0.2, 0) is 4.79 Å². The minimum Gasteiger partial charge on any atom is -0.475 e. The summed E-state index contributed by atoms with van der Waals surface area (Å²) in [5.41, 5.74) is -0.474. The van der Waals surface area contributed by atoms with Crippen molar-refractivity contribution in [1.29, 1.82) is 0 Å². The molecule has 0 aliphatic carbocycles. The molecule has 0 aromatic heterocycles. The van der Waals surface area contributed by atoms with Gasteiger partial charge in [-0.05, 0) is 31.7 Å². The van der Waals surface area contributed by atoms with Gasteiger partial charge in [0.25, 0.3) is 5.91 Å². The van der Waals surface area contributed by atoms with Crippen LogP contribution in [-0.4, -0.2) is 34.9 Å². The molecule has 1 aliphatic rings. The van der Waals surface area contributed by atoms with Crippen LogP contribution >= 0.6 is 0 Å². The lowest BCUT2D eigenvalue weighted by molar-refractivity contribution is -0.386. The van der Waals surface area contributed by atoms with Gasteiger partial charge in [0, 0.05) is 18.7 Å². The summed E-state index contributed by atoms with van der Waals surface area (Å²) in [5.74, 6) is -1.58. The average molecular weight is 310 g/mol. The Morgan fingerprint density at radius 3 is 2.95 bits per heavy atom. The molecule has 1 aromatic carbocycles. The molecule has 0 saturated carbocycles. The highest BCUT2D eigenvalue weighted by atomic mass is 19.1. The number of benzene rings is 1. The molecule has 1 aromatic rings. The molecule has 0 N–H and O–H groups in total. The van der Waals surface area contributed by atoms with Crippen LogP contribution in [0.3, 0.4) is 0 Å². The summed E-state index contributed by atoms with van der Waals surface area (Å²) in [6.45, 7) is 2.27. The largest absolute Gasteiger partial charge is 0.475 e. The summed E-state index contributed by atoms with van der Waals surface area (Å²) in [6, 6.07) is 3.63. The number of hydrogen-bond acceptors (Lipinski definition) is 4. The van der Waals surface area contributed by atoms with Crippen molar-refractivity contribution >= 4 is 11.6 Å². The zero-order valence-electron chi connectivity index (χ0n) is 12.5. The highest BCUT2D eigenvalue weighted by Crippen LogP contribution is 2.29. The van der Waals surface area contributed by atoms with Crippen molar-refractivity contribution in [3.05, 3.63) is 34.1 Å². The predicted octanol–water partition coefficient (Wildman–Crippen LogP) is 2.90. The lowest BCUT2D eigenvalue weighted by Crippen LogP contribution is -2.45. The normalized spacial score (nSPS) is 18.1. The van der Waals surface area contributed by atoms with E-state index in [2.05, 4.69) is 0 Å². The maximum absolute atomic E-state index is 13.7. The van der Waals surface area contributed by atoms with E-state index in [4.69, 9.17) is 4.74 Å². The van der Waals surface area contributed by atoms with E-state index in [9.17, 15) is 19.3 Å². The number of nitrogens with zero attached hydrogens (tertiary/aromatic N) is 2. The maximum Gasteiger partial charge on any atom is 0.314 e. The van der Waals surface area contributed by atoms with Crippen LogP contribution < -0.4 is 4.74 Å². The zero-order chi connectivity index (χ0) is 16.1. The number of nitro groups is 1. The smallest absolute Gasteiger partial charge is 0.314 e. The molecule has 1 aliphatic heterocycles. The Kier molecular flexibility index (Phi) is 5.30. The summed E-state index contributed by atoms with van der Waals surface area (Å²) >= 11 is 0. The number of hydrogen-bond donors (Lipinski definition) is 0. The Bertz CT molecular complexity index is 564. The van der Waals surface area contributed by atoms with Gasteiger partial charge in [0.1, 0.15) is 0 Å². The van der Waals surface area contributed by atoms with Gasteiger partial charge < -0.3 is 9.64 Å². The van der Waals surface area contributed by atoms with Crippen LogP contribution in [0.1, 0.15) is 32.6 Å². The molecule has 1 atom stereocenters. The van der Waals surface area contributed by atoms with Gasteiger partial charge in [-0.2, -0.15) is 0 Å². The standard InChI is InChI=1S/C15H19FN2O4/c1-2-11-6-3-4-9-17(11)14(19)10-22-15-12(16)7-5-8-13(15)18(20)21/h5,7-8,11H,2-4,6,9-10H2,1H3/t11-/m0/s1. The first kappa shape index (κ1) is 16.2. The van der Waals surface area contributed by atoms with Gasteiger partial charge in [0.15, 0.2) is 12.4 Å². The monoisotopic (exact) mass is 310 g/mol. The number of para-hydroxylation sites is 1. The first-order valence-electron chi connectivity index (χ1n) is 7.39. The van der Waals surface area contributed by atoms with E-state index < -0.39 is 28.8 Å². The SMILES string of the molecule is CC[C@H]1CCCCN1C(=O)COc1c(F)cccc1[N+](=O)[O-]. The summed E-state index contributed by atoms with van der Waals surface area (Å²) in [7, 11) is 0. The number of likely N-dealkylation sites (tertiary alicyclic amines) is 1. The molecular weight excluding hydrogens is 291 g/mol. The maximum atomic E-state index is 13.7. The summed E-state index contributed by atoms with van der Waals surface area (Å²) in [5, 5.41) is 10.9. The number of piperidine rings is 1. The fourth-order valence-electron chi connectivity index (χ4n) is 2.75. The van der Waals surface area contributed by atoms with Gasteiger partial charge in [-0.3, -0.25) is 14.9 Å². The molecule has 120 valence electrons. The van der Waals surface area contributed by atoms with Crippen molar-refractivity contribution in [3.8, 4) is 5.75 Å². The van der Waals surface area contributed by atoms with E-state index >= 15 is 0 Å². The molecule has 6 nitrogen and oxygen atoms in total. The zero-order valence-corrected chi connectivity index (χ0v) is 12.5. The van der Waals surface area contributed by atoms with Gasteiger partial charge in [0.05, 0.1) is 4.92 Å². The minimum absolute atomic E-state index is 0.167. The van der Waals surface area contributed by atoms with E-state index in [0.29, 0.717) is 6.54 Å². The number of carbonyl (C=O) groups excluding carboxylic acids is 1. The Balaban J connectivity index is 2.06. The Morgan fingerprint density at radius 2 is 2.27 bits per heavy atom. The third-order valence-corrected chi connectivity index (χ3v) is 3.90. The van der Waals surface area contributed by atoms with Crippen LogP contribution in [0.15, 0.2) is 18.2 Å². The number of ether oxygens (including phenoxy) is 1. The number of halogens is 1. The third-order valence-electron chi connectivity index (χ3n) is 3.90. The summed E-state index contributed by atoms with van der Waals surface area (Å²) in [4.78, 5) is 24.1. The quantitative estimate of drug-likeness (QED) is 0.619. The van der Waals surface area contributed by atoms with E-state index in [1.165, 1.54) is 6.07 Å². The highest BCUT2D eigenvalue weighted by Gasteiger charge is 2.27. The Morgan fingerprint density at radius 1 is 1.50 bits per heavy atom. The van der Waals surface area contributed by atoms with Crippen molar-refractivity contribution in [3.63, 3.8) is 0 Å². The first-order valence-corrected chi connectivity index (χ1v) is 7.39. The second-order valence-corrected chi connectivity index (χ2v) is 5.28.